The zero-order chi connectivity index (χ0) is 13.0. The van der Waals surface area contributed by atoms with Gasteiger partial charge < -0.3 is 5.73 Å². The normalized spacial score (nSPS) is 10.3. The molecule has 2 aromatic carbocycles. The highest BCUT2D eigenvalue weighted by Gasteiger charge is 2.08. The molecule has 0 fully saturated rings. The van der Waals surface area contributed by atoms with Gasteiger partial charge in [-0.05, 0) is 36.2 Å². The zero-order valence-electron chi connectivity index (χ0n) is 9.90. The number of ketones is 1. The summed E-state index contributed by atoms with van der Waals surface area (Å²) in [5.74, 6) is 0.0723. The molecular weight excluding hydrogens is 246 g/mol. The number of benzene rings is 2. The van der Waals surface area contributed by atoms with Crippen molar-refractivity contribution >= 4 is 23.1 Å². The molecule has 0 atom stereocenters. The number of carbonyl (C=O) groups excluding carboxylic acids is 1. The molecule has 0 amide bonds. The lowest BCUT2D eigenvalue weighted by Crippen LogP contribution is -2.04. The lowest BCUT2D eigenvalue weighted by Gasteiger charge is -2.04. The number of Topliss-reactive ketones (excluding diaryl/α,β-unsaturated/α-hetero) is 1. The Morgan fingerprint density at radius 2 is 1.72 bits per heavy atom. The minimum absolute atomic E-state index is 0.0723. The van der Waals surface area contributed by atoms with Crippen LogP contribution in [-0.2, 0) is 6.42 Å². The van der Waals surface area contributed by atoms with Crippen molar-refractivity contribution in [2.75, 3.05) is 5.73 Å². The Labute approximate surface area is 111 Å². The van der Waals surface area contributed by atoms with Crippen LogP contribution < -0.4 is 5.73 Å². The number of carbonyl (C=O) groups is 1. The first-order chi connectivity index (χ1) is 8.66. The number of nitrogens with two attached hydrogens (primary N) is 1. The smallest absolute Gasteiger partial charge is 0.165 e. The van der Waals surface area contributed by atoms with Gasteiger partial charge in [-0.1, -0.05) is 35.9 Å². The molecule has 0 spiro atoms. The van der Waals surface area contributed by atoms with E-state index >= 15 is 0 Å². The average molecular weight is 260 g/mol. The number of hydrogen-bond donors (Lipinski definition) is 1. The van der Waals surface area contributed by atoms with Crippen LogP contribution in [0.2, 0.25) is 5.02 Å². The summed E-state index contributed by atoms with van der Waals surface area (Å²) in [7, 11) is 0. The van der Waals surface area contributed by atoms with Gasteiger partial charge in [0.05, 0.1) is 0 Å². The SMILES string of the molecule is Nc1ccccc1C(=O)CCc1ccc(Cl)cc1. The molecule has 2 nitrogen and oxygen atoms in total. The third-order valence-electron chi connectivity index (χ3n) is 2.82. The van der Waals surface area contributed by atoms with Gasteiger partial charge in [0.15, 0.2) is 5.78 Å². The summed E-state index contributed by atoms with van der Waals surface area (Å²) in [6, 6.07) is 14.7. The van der Waals surface area contributed by atoms with Gasteiger partial charge >= 0.3 is 0 Å². The number of aryl methyl sites for hydroxylation is 1. The molecule has 0 unspecified atom stereocenters. The molecular formula is C15H14ClNO. The number of nitrogen functional groups attached to an aromatic ring is 1. The Morgan fingerprint density at radius 1 is 1.06 bits per heavy atom. The van der Waals surface area contributed by atoms with Crippen molar-refractivity contribution in [1.82, 2.24) is 0 Å². The van der Waals surface area contributed by atoms with Gasteiger partial charge in [0.2, 0.25) is 0 Å². The molecule has 0 aliphatic heterocycles. The Balaban J connectivity index is 2.01. The van der Waals surface area contributed by atoms with Crippen molar-refractivity contribution in [2.24, 2.45) is 0 Å². The van der Waals surface area contributed by atoms with E-state index in [1.807, 2.05) is 36.4 Å². The molecule has 2 N–H and O–H groups in total. The fourth-order valence-corrected chi connectivity index (χ4v) is 1.92. The summed E-state index contributed by atoms with van der Waals surface area (Å²) in [5.41, 5.74) is 8.01. The third-order valence-corrected chi connectivity index (χ3v) is 3.07. The molecule has 0 heterocycles. The van der Waals surface area contributed by atoms with Gasteiger partial charge in [-0.3, -0.25) is 4.79 Å². The standard InChI is InChI=1S/C15H14ClNO/c16-12-8-5-11(6-9-12)7-10-15(18)13-3-1-2-4-14(13)17/h1-6,8-9H,7,10,17H2. The minimum Gasteiger partial charge on any atom is -0.398 e. The van der Waals surface area contributed by atoms with Gasteiger partial charge in [0.25, 0.3) is 0 Å². The second-order valence-corrected chi connectivity index (χ2v) is 4.57. The molecule has 0 aliphatic carbocycles. The van der Waals surface area contributed by atoms with Gasteiger partial charge in [-0.2, -0.15) is 0 Å². The summed E-state index contributed by atoms with van der Waals surface area (Å²) >= 11 is 5.81. The highest BCUT2D eigenvalue weighted by molar-refractivity contribution is 6.30. The molecule has 0 saturated heterocycles. The molecule has 92 valence electrons. The summed E-state index contributed by atoms with van der Waals surface area (Å²) in [6.07, 6.45) is 1.15. The Morgan fingerprint density at radius 3 is 2.39 bits per heavy atom. The van der Waals surface area contributed by atoms with Crippen LogP contribution >= 0.6 is 11.6 Å². The van der Waals surface area contributed by atoms with Crippen LogP contribution in [0.15, 0.2) is 48.5 Å². The van der Waals surface area contributed by atoms with E-state index < -0.39 is 0 Å². The fraction of sp³-hybridized carbons (Fsp3) is 0.133. The predicted octanol–water partition coefficient (Wildman–Crippen LogP) is 3.74. The van der Waals surface area contributed by atoms with Gasteiger partial charge in [0.1, 0.15) is 0 Å². The molecule has 0 radical (unpaired) electrons. The van der Waals surface area contributed by atoms with Crippen LogP contribution in [0.25, 0.3) is 0 Å². The summed E-state index contributed by atoms with van der Waals surface area (Å²) in [4.78, 5) is 12.0. The number of para-hydroxylation sites is 1. The highest BCUT2D eigenvalue weighted by atomic mass is 35.5. The Bertz CT molecular complexity index is 549. The minimum atomic E-state index is 0.0723. The zero-order valence-corrected chi connectivity index (χ0v) is 10.7. The molecule has 3 heteroatoms. The van der Waals surface area contributed by atoms with Crippen molar-refractivity contribution in [3.05, 3.63) is 64.7 Å². The van der Waals surface area contributed by atoms with Crippen LogP contribution in [-0.4, -0.2) is 5.78 Å². The Hall–Kier alpha value is -1.80. The fourth-order valence-electron chi connectivity index (χ4n) is 1.79. The van der Waals surface area contributed by atoms with Gasteiger partial charge in [0, 0.05) is 22.7 Å². The predicted molar refractivity (Wildman–Crippen MR) is 75.0 cm³/mol. The second-order valence-electron chi connectivity index (χ2n) is 4.14. The summed E-state index contributed by atoms with van der Waals surface area (Å²) < 4.78 is 0. The van der Waals surface area contributed by atoms with Crippen LogP contribution in [0, 0.1) is 0 Å². The lowest BCUT2D eigenvalue weighted by molar-refractivity contribution is 0.0983. The van der Waals surface area contributed by atoms with Crippen molar-refractivity contribution in [3.63, 3.8) is 0 Å². The van der Waals surface area contributed by atoms with E-state index in [9.17, 15) is 4.79 Å². The number of rotatable bonds is 4. The van der Waals surface area contributed by atoms with Crippen LogP contribution in [0.5, 0.6) is 0 Å². The van der Waals surface area contributed by atoms with E-state index in [4.69, 9.17) is 17.3 Å². The van der Waals surface area contributed by atoms with E-state index in [2.05, 4.69) is 0 Å². The van der Waals surface area contributed by atoms with Crippen molar-refractivity contribution in [2.45, 2.75) is 12.8 Å². The average Bonchev–Trinajstić information content (AvgIpc) is 2.38. The monoisotopic (exact) mass is 259 g/mol. The van der Waals surface area contributed by atoms with E-state index in [1.165, 1.54) is 0 Å². The quantitative estimate of drug-likeness (QED) is 0.671. The van der Waals surface area contributed by atoms with E-state index in [1.54, 1.807) is 12.1 Å². The molecule has 0 saturated carbocycles. The molecule has 18 heavy (non-hydrogen) atoms. The number of halogens is 1. The van der Waals surface area contributed by atoms with E-state index in [0.717, 1.165) is 5.56 Å². The molecule has 0 bridgehead atoms. The topological polar surface area (TPSA) is 43.1 Å². The number of anilines is 1. The number of hydrogen-bond acceptors (Lipinski definition) is 2. The first-order valence-electron chi connectivity index (χ1n) is 5.79. The van der Waals surface area contributed by atoms with Crippen molar-refractivity contribution in [1.29, 1.82) is 0 Å². The van der Waals surface area contributed by atoms with Crippen molar-refractivity contribution < 1.29 is 4.79 Å². The third kappa shape index (κ3) is 3.11. The molecule has 2 aromatic rings. The van der Waals surface area contributed by atoms with Crippen molar-refractivity contribution in [3.8, 4) is 0 Å². The largest absolute Gasteiger partial charge is 0.398 e. The summed E-state index contributed by atoms with van der Waals surface area (Å²) in [5, 5.41) is 0.706. The van der Waals surface area contributed by atoms with Crippen LogP contribution in [0.3, 0.4) is 0 Å². The summed E-state index contributed by atoms with van der Waals surface area (Å²) in [6.45, 7) is 0. The van der Waals surface area contributed by atoms with Gasteiger partial charge in [-0.15, -0.1) is 0 Å². The molecule has 2 rings (SSSR count). The molecule has 0 aliphatic rings. The molecule has 0 aromatic heterocycles. The van der Waals surface area contributed by atoms with Crippen LogP contribution in [0.1, 0.15) is 22.3 Å². The maximum Gasteiger partial charge on any atom is 0.165 e. The Kier molecular flexibility index (Phi) is 4.00. The van der Waals surface area contributed by atoms with E-state index in [-0.39, 0.29) is 5.78 Å². The maximum absolute atomic E-state index is 12.0. The second kappa shape index (κ2) is 5.69. The highest BCUT2D eigenvalue weighted by Crippen LogP contribution is 2.16. The van der Waals surface area contributed by atoms with Crippen LogP contribution in [0.4, 0.5) is 5.69 Å². The first-order valence-corrected chi connectivity index (χ1v) is 6.17. The van der Waals surface area contributed by atoms with E-state index in [0.29, 0.717) is 29.1 Å². The van der Waals surface area contributed by atoms with Gasteiger partial charge in [-0.25, -0.2) is 0 Å². The maximum atomic E-state index is 12.0. The first kappa shape index (κ1) is 12.7. The lowest BCUT2D eigenvalue weighted by atomic mass is 10.0.